The number of piperidine rings is 1. The lowest BCUT2D eigenvalue weighted by Gasteiger charge is -2.41. The van der Waals surface area contributed by atoms with Gasteiger partial charge in [-0.2, -0.15) is 0 Å². The number of aromatic nitrogens is 1. The highest BCUT2D eigenvalue weighted by Gasteiger charge is 2.41. The molecule has 2 fully saturated rings. The van der Waals surface area contributed by atoms with Crippen LogP contribution in [0, 0.1) is 11.3 Å². The van der Waals surface area contributed by atoms with Crippen LogP contribution in [-0.2, 0) is 4.79 Å². The Balaban J connectivity index is 1.34. The minimum absolute atomic E-state index is 0.0475. The molecule has 1 aromatic heterocycles. The molecule has 1 aromatic carbocycles. The third kappa shape index (κ3) is 3.21. The van der Waals surface area contributed by atoms with Crippen LogP contribution in [0.5, 0.6) is 0 Å². The van der Waals surface area contributed by atoms with E-state index in [2.05, 4.69) is 40.6 Å². The molecule has 5 heteroatoms. The molecule has 1 N–H and O–H groups in total. The van der Waals surface area contributed by atoms with Gasteiger partial charge in [-0.1, -0.05) is 24.3 Å². The number of para-hydroxylation sites is 1. The number of hydrogen-bond acceptors (Lipinski definition) is 4. The molecule has 2 atom stereocenters. The summed E-state index contributed by atoms with van der Waals surface area (Å²) in [7, 11) is 0. The number of rotatable bonds is 2. The number of nitrogens with one attached hydrogen (secondary N) is 1. The molecule has 0 bridgehead atoms. The molecule has 5 rings (SSSR count). The molecule has 1 aliphatic carbocycles. The Labute approximate surface area is 164 Å². The van der Waals surface area contributed by atoms with Crippen LogP contribution in [0.2, 0.25) is 0 Å². The van der Waals surface area contributed by atoms with Crippen molar-refractivity contribution < 1.29 is 4.79 Å². The first-order valence-electron chi connectivity index (χ1n) is 10.2. The standard InChI is InChI=1S/C22H27N3OS/c26-21(25-13-10-22(11-14-25)9-12-23-15-22)17-6-2-1-5-16(17)20-24-18-7-3-4-8-19(18)27-20/h1-4,7-8,16-17,23H,5-6,9-15H2. The molecule has 0 saturated carbocycles. The fourth-order valence-electron chi connectivity index (χ4n) is 5.07. The number of carbonyl (C=O) groups is 1. The average Bonchev–Trinajstić information content (AvgIpc) is 3.35. The molecular formula is C22H27N3OS. The average molecular weight is 382 g/mol. The first-order valence-corrected chi connectivity index (χ1v) is 11.1. The number of benzene rings is 1. The number of thiazole rings is 1. The summed E-state index contributed by atoms with van der Waals surface area (Å²) in [4.78, 5) is 20.4. The monoisotopic (exact) mass is 381 g/mol. The van der Waals surface area contributed by atoms with E-state index in [1.807, 2.05) is 6.07 Å². The molecular weight excluding hydrogens is 354 g/mol. The van der Waals surface area contributed by atoms with E-state index in [0.29, 0.717) is 11.3 Å². The molecule has 0 radical (unpaired) electrons. The Bertz CT molecular complexity index is 824. The lowest BCUT2D eigenvalue weighted by molar-refractivity contribution is -0.138. The Morgan fingerprint density at radius 2 is 1.96 bits per heavy atom. The quantitative estimate of drug-likeness (QED) is 0.801. The van der Waals surface area contributed by atoms with Crippen molar-refractivity contribution in [2.24, 2.45) is 11.3 Å². The highest BCUT2D eigenvalue weighted by molar-refractivity contribution is 7.18. The van der Waals surface area contributed by atoms with Gasteiger partial charge < -0.3 is 10.2 Å². The van der Waals surface area contributed by atoms with Gasteiger partial charge in [-0.25, -0.2) is 4.98 Å². The smallest absolute Gasteiger partial charge is 0.226 e. The summed E-state index contributed by atoms with van der Waals surface area (Å²) in [5, 5.41) is 4.64. The SMILES string of the molecule is O=C(C1CC=CCC1c1nc2ccccc2s1)N1CCC2(CCNC2)CC1. The molecule has 2 aliphatic heterocycles. The molecule has 4 nitrogen and oxygen atoms in total. The topological polar surface area (TPSA) is 45.2 Å². The highest BCUT2D eigenvalue weighted by Crippen LogP contribution is 2.41. The Morgan fingerprint density at radius 1 is 1.15 bits per heavy atom. The molecule has 2 unspecified atom stereocenters. The van der Waals surface area contributed by atoms with Crippen molar-refractivity contribution in [3.8, 4) is 0 Å². The Hall–Kier alpha value is -1.72. The van der Waals surface area contributed by atoms with E-state index >= 15 is 0 Å². The van der Waals surface area contributed by atoms with Gasteiger partial charge in [0.05, 0.1) is 21.1 Å². The van der Waals surface area contributed by atoms with Gasteiger partial charge in [0.2, 0.25) is 5.91 Å². The molecule has 1 amide bonds. The Morgan fingerprint density at radius 3 is 2.74 bits per heavy atom. The van der Waals surface area contributed by atoms with E-state index in [-0.39, 0.29) is 11.8 Å². The summed E-state index contributed by atoms with van der Waals surface area (Å²) in [6, 6.07) is 8.31. The maximum atomic E-state index is 13.4. The van der Waals surface area contributed by atoms with Gasteiger partial charge in [0, 0.05) is 25.6 Å². The van der Waals surface area contributed by atoms with Crippen molar-refractivity contribution in [1.82, 2.24) is 15.2 Å². The summed E-state index contributed by atoms with van der Waals surface area (Å²) in [6.45, 7) is 4.12. The maximum Gasteiger partial charge on any atom is 0.226 e. The number of hydrogen-bond donors (Lipinski definition) is 1. The van der Waals surface area contributed by atoms with Gasteiger partial charge in [0.1, 0.15) is 0 Å². The predicted molar refractivity (Wildman–Crippen MR) is 110 cm³/mol. The number of allylic oxidation sites excluding steroid dienone is 2. The summed E-state index contributed by atoms with van der Waals surface area (Å²) < 4.78 is 1.22. The number of amides is 1. The van der Waals surface area contributed by atoms with Crippen molar-refractivity contribution in [2.45, 2.75) is 38.0 Å². The first-order chi connectivity index (χ1) is 13.2. The van der Waals surface area contributed by atoms with Crippen molar-refractivity contribution in [3.05, 3.63) is 41.4 Å². The van der Waals surface area contributed by atoms with E-state index in [1.165, 1.54) is 11.1 Å². The summed E-state index contributed by atoms with van der Waals surface area (Å²) in [6.07, 6.45) is 9.78. The van der Waals surface area contributed by atoms with Crippen LogP contribution in [-0.4, -0.2) is 42.0 Å². The molecule has 3 heterocycles. The van der Waals surface area contributed by atoms with Gasteiger partial charge in [-0.3, -0.25) is 4.79 Å². The highest BCUT2D eigenvalue weighted by atomic mass is 32.1. The third-order valence-corrected chi connectivity index (χ3v) is 8.01. The molecule has 1 spiro atoms. The molecule has 2 saturated heterocycles. The van der Waals surface area contributed by atoms with E-state index in [4.69, 9.17) is 4.98 Å². The van der Waals surface area contributed by atoms with Crippen molar-refractivity contribution in [2.75, 3.05) is 26.2 Å². The normalized spacial score (nSPS) is 27.5. The largest absolute Gasteiger partial charge is 0.342 e. The second kappa shape index (κ2) is 7.02. The maximum absolute atomic E-state index is 13.4. The van der Waals surface area contributed by atoms with Gasteiger partial charge >= 0.3 is 0 Å². The zero-order valence-electron chi connectivity index (χ0n) is 15.7. The molecule has 3 aliphatic rings. The van der Waals surface area contributed by atoms with Crippen molar-refractivity contribution >= 4 is 27.5 Å². The fraction of sp³-hybridized carbons (Fsp3) is 0.545. The molecule has 142 valence electrons. The second-order valence-corrected chi connectivity index (χ2v) is 9.49. The van der Waals surface area contributed by atoms with Crippen LogP contribution >= 0.6 is 11.3 Å². The number of carbonyl (C=O) groups excluding carboxylic acids is 1. The van der Waals surface area contributed by atoms with Gasteiger partial charge in [0.15, 0.2) is 0 Å². The Kier molecular flexibility index (Phi) is 4.52. The van der Waals surface area contributed by atoms with E-state index in [0.717, 1.165) is 62.4 Å². The molecule has 27 heavy (non-hydrogen) atoms. The minimum Gasteiger partial charge on any atom is -0.342 e. The summed E-state index contributed by atoms with van der Waals surface area (Å²) in [5.74, 6) is 0.625. The summed E-state index contributed by atoms with van der Waals surface area (Å²) in [5.41, 5.74) is 1.52. The second-order valence-electron chi connectivity index (χ2n) is 8.43. The molecule has 2 aromatic rings. The lowest BCUT2D eigenvalue weighted by atomic mass is 9.76. The van der Waals surface area contributed by atoms with Crippen LogP contribution in [0.15, 0.2) is 36.4 Å². The third-order valence-electron chi connectivity index (χ3n) is 6.85. The van der Waals surface area contributed by atoms with E-state index in [9.17, 15) is 4.79 Å². The van der Waals surface area contributed by atoms with Gasteiger partial charge in [-0.05, 0) is 56.2 Å². The van der Waals surface area contributed by atoms with Crippen LogP contribution in [0.3, 0.4) is 0 Å². The number of likely N-dealkylation sites (tertiary alicyclic amines) is 1. The number of fused-ring (bicyclic) bond motifs is 1. The zero-order chi connectivity index (χ0) is 18.3. The van der Waals surface area contributed by atoms with Crippen LogP contribution in [0.4, 0.5) is 0 Å². The predicted octanol–water partition coefficient (Wildman–Crippen LogP) is 3.95. The van der Waals surface area contributed by atoms with Crippen molar-refractivity contribution in [1.29, 1.82) is 0 Å². The van der Waals surface area contributed by atoms with Crippen LogP contribution in [0.25, 0.3) is 10.2 Å². The van der Waals surface area contributed by atoms with Crippen molar-refractivity contribution in [3.63, 3.8) is 0 Å². The van der Waals surface area contributed by atoms with Crippen LogP contribution in [0.1, 0.15) is 43.0 Å². The van der Waals surface area contributed by atoms with Gasteiger partial charge in [-0.15, -0.1) is 11.3 Å². The zero-order valence-corrected chi connectivity index (χ0v) is 16.5. The first kappa shape index (κ1) is 17.4. The summed E-state index contributed by atoms with van der Waals surface area (Å²) >= 11 is 1.76. The van der Waals surface area contributed by atoms with Crippen LogP contribution < -0.4 is 5.32 Å². The van der Waals surface area contributed by atoms with Gasteiger partial charge in [0.25, 0.3) is 0 Å². The van der Waals surface area contributed by atoms with E-state index in [1.54, 1.807) is 11.3 Å². The lowest BCUT2D eigenvalue weighted by Crippen LogP contribution is -2.47. The minimum atomic E-state index is 0.0475. The fourth-order valence-corrected chi connectivity index (χ4v) is 6.21. The number of nitrogens with zero attached hydrogens (tertiary/aromatic N) is 2. The van der Waals surface area contributed by atoms with E-state index < -0.39 is 0 Å².